The van der Waals surface area contributed by atoms with Crippen molar-refractivity contribution in [1.29, 1.82) is 0 Å². The molecule has 0 saturated heterocycles. The molecule has 0 bridgehead atoms. The van der Waals surface area contributed by atoms with E-state index >= 15 is 0 Å². The Morgan fingerprint density at radius 2 is 1.78 bits per heavy atom. The van der Waals surface area contributed by atoms with E-state index in [9.17, 15) is 13.2 Å². The van der Waals surface area contributed by atoms with E-state index in [1.54, 1.807) is 24.3 Å². The van der Waals surface area contributed by atoms with Crippen LogP contribution in [0.25, 0.3) is 0 Å². The molecule has 0 unspecified atom stereocenters. The van der Waals surface area contributed by atoms with Crippen molar-refractivity contribution in [2.24, 2.45) is 0 Å². The minimum Gasteiger partial charge on any atom is -0.457 e. The highest BCUT2D eigenvalue weighted by Crippen LogP contribution is 2.18. The van der Waals surface area contributed by atoms with Crippen LogP contribution >= 0.6 is 0 Å². The highest BCUT2D eigenvalue weighted by atomic mass is 32.2. The lowest BCUT2D eigenvalue weighted by Crippen LogP contribution is -2.04. The van der Waals surface area contributed by atoms with Gasteiger partial charge in [0.1, 0.15) is 11.5 Å². The molecule has 0 aliphatic carbocycles. The second-order valence-electron chi connectivity index (χ2n) is 3.99. The maximum Gasteiger partial charge on any atom is 0.185 e. The highest BCUT2D eigenvalue weighted by Gasteiger charge is 2.17. The van der Waals surface area contributed by atoms with Gasteiger partial charge < -0.3 is 4.42 Å². The fourth-order valence-electron chi connectivity index (χ4n) is 1.55. The molecule has 94 valence electrons. The van der Waals surface area contributed by atoms with E-state index in [0.29, 0.717) is 6.29 Å². The number of hydrogen-bond acceptors (Lipinski definition) is 4. The molecule has 0 fully saturated rings. The lowest BCUT2D eigenvalue weighted by atomic mass is 10.2. The summed E-state index contributed by atoms with van der Waals surface area (Å²) in [5.41, 5.74) is 0.996. The summed E-state index contributed by atoms with van der Waals surface area (Å²) in [6.45, 7) is 1.89. The number of carbonyl (C=O) groups is 1. The maximum absolute atomic E-state index is 12.1. The number of hydrogen-bond donors (Lipinski definition) is 0. The Kier molecular flexibility index (Phi) is 3.34. The molecule has 0 amide bonds. The van der Waals surface area contributed by atoms with Crippen LogP contribution < -0.4 is 0 Å². The fourth-order valence-corrected chi connectivity index (χ4v) is 2.80. The number of furan rings is 1. The van der Waals surface area contributed by atoms with E-state index in [4.69, 9.17) is 4.42 Å². The third-order valence-electron chi connectivity index (χ3n) is 2.51. The molecular formula is C13H12O4S. The molecule has 0 atom stereocenters. The molecule has 0 spiro atoms. The van der Waals surface area contributed by atoms with Gasteiger partial charge in [0.25, 0.3) is 0 Å². The molecule has 1 heterocycles. The highest BCUT2D eigenvalue weighted by molar-refractivity contribution is 7.90. The van der Waals surface area contributed by atoms with Gasteiger partial charge in [0.15, 0.2) is 21.9 Å². The van der Waals surface area contributed by atoms with Gasteiger partial charge in [0.05, 0.1) is 4.90 Å². The first kappa shape index (κ1) is 12.6. The molecular weight excluding hydrogens is 252 g/mol. The number of rotatable bonds is 4. The molecule has 5 heteroatoms. The summed E-state index contributed by atoms with van der Waals surface area (Å²) in [7, 11) is -3.43. The van der Waals surface area contributed by atoms with Gasteiger partial charge in [0.2, 0.25) is 0 Å². The summed E-state index contributed by atoms with van der Waals surface area (Å²) in [5, 5.41) is 0. The Balaban J connectivity index is 2.26. The monoisotopic (exact) mass is 264 g/mol. The van der Waals surface area contributed by atoms with Crippen molar-refractivity contribution >= 4 is 16.1 Å². The van der Waals surface area contributed by atoms with Crippen molar-refractivity contribution in [2.75, 3.05) is 0 Å². The lowest BCUT2D eigenvalue weighted by molar-refractivity contribution is 0.109. The first-order valence-electron chi connectivity index (χ1n) is 5.34. The third-order valence-corrected chi connectivity index (χ3v) is 4.17. The van der Waals surface area contributed by atoms with Gasteiger partial charge in [-0.3, -0.25) is 4.79 Å². The zero-order valence-electron chi connectivity index (χ0n) is 9.79. The van der Waals surface area contributed by atoms with Gasteiger partial charge in [-0.25, -0.2) is 8.42 Å². The average molecular weight is 264 g/mol. The summed E-state index contributed by atoms with van der Waals surface area (Å²) in [5.74, 6) is 0.144. The normalized spacial score (nSPS) is 11.4. The Hall–Kier alpha value is -1.88. The quantitative estimate of drug-likeness (QED) is 0.795. The summed E-state index contributed by atoms with van der Waals surface area (Å²) < 4.78 is 29.2. The SMILES string of the molecule is Cc1ccc(S(=O)(=O)Cc2ccc(C=O)o2)cc1. The van der Waals surface area contributed by atoms with Gasteiger partial charge >= 0.3 is 0 Å². The first-order chi connectivity index (χ1) is 8.51. The molecule has 1 aromatic carbocycles. The second-order valence-corrected chi connectivity index (χ2v) is 5.98. The van der Waals surface area contributed by atoms with E-state index in [-0.39, 0.29) is 22.2 Å². The van der Waals surface area contributed by atoms with E-state index < -0.39 is 9.84 Å². The van der Waals surface area contributed by atoms with Crippen LogP contribution in [0.3, 0.4) is 0 Å². The van der Waals surface area contributed by atoms with Crippen molar-refractivity contribution in [1.82, 2.24) is 0 Å². The second kappa shape index (κ2) is 4.78. The Labute approximate surface area is 105 Å². The van der Waals surface area contributed by atoms with Crippen molar-refractivity contribution in [2.45, 2.75) is 17.6 Å². The third kappa shape index (κ3) is 2.68. The van der Waals surface area contributed by atoms with Crippen molar-refractivity contribution in [3.8, 4) is 0 Å². The Morgan fingerprint density at radius 1 is 1.11 bits per heavy atom. The predicted octanol–water partition coefficient (Wildman–Crippen LogP) is 2.37. The molecule has 0 N–H and O–H groups in total. The number of sulfone groups is 1. The molecule has 0 aliphatic heterocycles. The van der Waals surface area contributed by atoms with Crippen LogP contribution in [0.1, 0.15) is 21.9 Å². The molecule has 0 aliphatic rings. The van der Waals surface area contributed by atoms with Crippen LogP contribution in [0, 0.1) is 6.92 Å². The molecule has 0 radical (unpaired) electrons. The maximum atomic E-state index is 12.1. The van der Waals surface area contributed by atoms with Crippen molar-refractivity contribution < 1.29 is 17.6 Å². The average Bonchev–Trinajstić information content (AvgIpc) is 2.76. The Bertz CT molecular complexity index is 651. The van der Waals surface area contributed by atoms with Gasteiger partial charge in [-0.2, -0.15) is 0 Å². The van der Waals surface area contributed by atoms with Gasteiger partial charge in [-0.05, 0) is 31.2 Å². The summed E-state index contributed by atoms with van der Waals surface area (Å²) in [6.07, 6.45) is 0.544. The van der Waals surface area contributed by atoms with Gasteiger partial charge in [-0.1, -0.05) is 17.7 Å². The van der Waals surface area contributed by atoms with Gasteiger partial charge in [0, 0.05) is 0 Å². The number of aldehydes is 1. The number of aryl methyl sites for hydroxylation is 1. The molecule has 4 nitrogen and oxygen atoms in total. The van der Waals surface area contributed by atoms with Crippen LogP contribution in [-0.2, 0) is 15.6 Å². The topological polar surface area (TPSA) is 64.3 Å². The van der Waals surface area contributed by atoms with Crippen LogP contribution in [-0.4, -0.2) is 14.7 Å². The molecule has 0 saturated carbocycles. The lowest BCUT2D eigenvalue weighted by Gasteiger charge is -2.02. The largest absolute Gasteiger partial charge is 0.457 e. The Morgan fingerprint density at radius 3 is 2.33 bits per heavy atom. The van der Waals surface area contributed by atoms with Gasteiger partial charge in [-0.15, -0.1) is 0 Å². The summed E-state index contributed by atoms with van der Waals surface area (Å²) in [6, 6.07) is 9.56. The van der Waals surface area contributed by atoms with Crippen LogP contribution in [0.5, 0.6) is 0 Å². The predicted molar refractivity (Wildman–Crippen MR) is 66.2 cm³/mol. The zero-order valence-corrected chi connectivity index (χ0v) is 10.6. The standard InChI is InChI=1S/C13H12O4S/c1-10-2-6-13(7-3-10)18(15,16)9-12-5-4-11(8-14)17-12/h2-8H,9H2,1H3. The zero-order chi connectivity index (χ0) is 13.2. The molecule has 18 heavy (non-hydrogen) atoms. The fraction of sp³-hybridized carbons (Fsp3) is 0.154. The number of carbonyl (C=O) groups excluding carboxylic acids is 1. The minimum atomic E-state index is -3.43. The summed E-state index contributed by atoms with van der Waals surface area (Å²) >= 11 is 0. The smallest absolute Gasteiger partial charge is 0.185 e. The molecule has 2 rings (SSSR count). The van der Waals surface area contributed by atoms with Crippen molar-refractivity contribution in [3.05, 3.63) is 53.5 Å². The summed E-state index contributed by atoms with van der Waals surface area (Å²) in [4.78, 5) is 10.7. The van der Waals surface area contributed by atoms with E-state index in [1.807, 2.05) is 6.92 Å². The van der Waals surface area contributed by atoms with E-state index in [2.05, 4.69) is 0 Å². The van der Waals surface area contributed by atoms with E-state index in [0.717, 1.165) is 5.56 Å². The first-order valence-corrected chi connectivity index (χ1v) is 7.00. The van der Waals surface area contributed by atoms with Crippen molar-refractivity contribution in [3.63, 3.8) is 0 Å². The number of benzene rings is 1. The minimum absolute atomic E-state index is 0.129. The molecule has 1 aromatic heterocycles. The van der Waals surface area contributed by atoms with Crippen LogP contribution in [0.2, 0.25) is 0 Å². The van der Waals surface area contributed by atoms with Crippen LogP contribution in [0.4, 0.5) is 0 Å². The van der Waals surface area contributed by atoms with Crippen LogP contribution in [0.15, 0.2) is 45.7 Å². The molecule has 2 aromatic rings. The van der Waals surface area contributed by atoms with E-state index in [1.165, 1.54) is 12.1 Å².